The van der Waals surface area contributed by atoms with Gasteiger partial charge in [-0.25, -0.2) is 4.98 Å². The minimum Gasteiger partial charge on any atom is -0.348 e. The zero-order chi connectivity index (χ0) is 15.4. The van der Waals surface area contributed by atoms with Gasteiger partial charge in [0.15, 0.2) is 0 Å². The fourth-order valence-corrected chi connectivity index (χ4v) is 2.69. The van der Waals surface area contributed by atoms with Crippen LogP contribution in [0.25, 0.3) is 0 Å². The maximum atomic E-state index is 12.2. The van der Waals surface area contributed by atoms with Crippen LogP contribution in [0.15, 0.2) is 30.3 Å². The first-order chi connectivity index (χ1) is 9.97. The van der Waals surface area contributed by atoms with E-state index in [0.717, 1.165) is 5.69 Å². The van der Waals surface area contributed by atoms with Crippen molar-refractivity contribution in [3.05, 3.63) is 45.9 Å². The van der Waals surface area contributed by atoms with Gasteiger partial charge in [0.1, 0.15) is 9.88 Å². The van der Waals surface area contributed by atoms with E-state index in [2.05, 4.69) is 10.3 Å². The summed E-state index contributed by atoms with van der Waals surface area (Å²) in [7, 11) is 3.40. The SMILES string of the molecule is Cc1nc(CC(=O)N(C)C)sc1C(=O)Nc1ccccc1. The number of hydrogen-bond acceptors (Lipinski definition) is 4. The number of aromatic nitrogens is 1. The van der Waals surface area contributed by atoms with E-state index in [9.17, 15) is 9.59 Å². The summed E-state index contributed by atoms with van der Waals surface area (Å²) in [4.78, 5) is 30.3. The molecule has 0 saturated carbocycles. The lowest BCUT2D eigenvalue weighted by Gasteiger charge is -2.07. The van der Waals surface area contributed by atoms with E-state index < -0.39 is 0 Å². The zero-order valence-corrected chi connectivity index (χ0v) is 13.0. The van der Waals surface area contributed by atoms with E-state index in [0.29, 0.717) is 15.6 Å². The Bertz CT molecular complexity index is 650. The first-order valence-corrected chi connectivity index (χ1v) is 7.32. The molecule has 0 spiro atoms. The van der Waals surface area contributed by atoms with E-state index in [1.807, 2.05) is 30.3 Å². The normalized spacial score (nSPS) is 10.2. The van der Waals surface area contributed by atoms with Crippen molar-refractivity contribution in [2.24, 2.45) is 0 Å². The van der Waals surface area contributed by atoms with Crippen molar-refractivity contribution in [3.63, 3.8) is 0 Å². The Labute approximate surface area is 127 Å². The van der Waals surface area contributed by atoms with Crippen molar-refractivity contribution in [3.8, 4) is 0 Å². The third-order valence-corrected chi connectivity index (χ3v) is 4.04. The fourth-order valence-electron chi connectivity index (χ4n) is 1.74. The van der Waals surface area contributed by atoms with Crippen LogP contribution in [-0.2, 0) is 11.2 Å². The van der Waals surface area contributed by atoms with Gasteiger partial charge in [-0.2, -0.15) is 0 Å². The minimum absolute atomic E-state index is 0.0289. The van der Waals surface area contributed by atoms with Crippen LogP contribution in [0.5, 0.6) is 0 Å². The van der Waals surface area contributed by atoms with Crippen molar-refractivity contribution in [2.75, 3.05) is 19.4 Å². The quantitative estimate of drug-likeness (QED) is 0.943. The summed E-state index contributed by atoms with van der Waals surface area (Å²) >= 11 is 1.26. The molecule has 2 rings (SSSR count). The number of thiazole rings is 1. The van der Waals surface area contributed by atoms with Crippen LogP contribution in [0, 0.1) is 6.92 Å². The van der Waals surface area contributed by atoms with Gasteiger partial charge in [0.25, 0.3) is 5.91 Å². The van der Waals surface area contributed by atoms with Gasteiger partial charge in [0.2, 0.25) is 5.91 Å². The summed E-state index contributed by atoms with van der Waals surface area (Å²) in [5.41, 5.74) is 1.39. The Balaban J connectivity index is 2.11. The fraction of sp³-hybridized carbons (Fsp3) is 0.267. The predicted octanol–water partition coefficient (Wildman–Crippen LogP) is 2.33. The number of anilines is 1. The standard InChI is InChI=1S/C15H17N3O2S/c1-10-14(15(20)17-11-7-5-4-6-8-11)21-12(16-10)9-13(19)18(2)3/h4-8H,9H2,1-3H3,(H,17,20). The Morgan fingerprint density at radius 1 is 1.24 bits per heavy atom. The van der Waals surface area contributed by atoms with Gasteiger partial charge < -0.3 is 10.2 Å². The van der Waals surface area contributed by atoms with Gasteiger partial charge >= 0.3 is 0 Å². The van der Waals surface area contributed by atoms with Crippen molar-refractivity contribution in [1.82, 2.24) is 9.88 Å². The monoisotopic (exact) mass is 303 g/mol. The number of aryl methyl sites for hydroxylation is 1. The number of carbonyl (C=O) groups is 2. The van der Waals surface area contributed by atoms with E-state index in [4.69, 9.17) is 0 Å². The summed E-state index contributed by atoms with van der Waals surface area (Å²) in [6.07, 6.45) is 0.219. The molecule has 0 radical (unpaired) electrons. The van der Waals surface area contributed by atoms with Crippen molar-refractivity contribution >= 4 is 28.8 Å². The van der Waals surface area contributed by atoms with Crippen molar-refractivity contribution < 1.29 is 9.59 Å². The molecule has 2 aromatic rings. The molecule has 1 heterocycles. The molecule has 6 heteroatoms. The molecule has 1 N–H and O–H groups in total. The Hall–Kier alpha value is -2.21. The van der Waals surface area contributed by atoms with Crippen LogP contribution >= 0.6 is 11.3 Å². The lowest BCUT2D eigenvalue weighted by Crippen LogP contribution is -2.23. The summed E-state index contributed by atoms with van der Waals surface area (Å²) in [6, 6.07) is 9.25. The number of hydrogen-bond donors (Lipinski definition) is 1. The topological polar surface area (TPSA) is 62.3 Å². The molecule has 1 aromatic heterocycles. The number of carbonyl (C=O) groups excluding carboxylic acids is 2. The van der Waals surface area contributed by atoms with E-state index in [1.54, 1.807) is 21.0 Å². The van der Waals surface area contributed by atoms with Crippen LogP contribution in [0.3, 0.4) is 0 Å². The number of para-hydroxylation sites is 1. The second-order valence-electron chi connectivity index (χ2n) is 4.81. The molecule has 2 amide bonds. The average Bonchev–Trinajstić information content (AvgIpc) is 2.80. The summed E-state index contributed by atoms with van der Waals surface area (Å²) < 4.78 is 0. The molecule has 1 aromatic carbocycles. The number of amides is 2. The highest BCUT2D eigenvalue weighted by Crippen LogP contribution is 2.20. The molecular formula is C15H17N3O2S. The van der Waals surface area contributed by atoms with Gasteiger partial charge in [-0.3, -0.25) is 9.59 Å². The molecule has 0 unspecified atom stereocenters. The maximum Gasteiger partial charge on any atom is 0.267 e. The van der Waals surface area contributed by atoms with Gasteiger partial charge in [0.05, 0.1) is 12.1 Å². The molecule has 5 nitrogen and oxygen atoms in total. The molecule has 0 fully saturated rings. The third-order valence-electron chi connectivity index (χ3n) is 2.88. The van der Waals surface area contributed by atoms with Crippen molar-refractivity contribution in [2.45, 2.75) is 13.3 Å². The second kappa shape index (κ2) is 6.49. The van der Waals surface area contributed by atoms with E-state index in [1.165, 1.54) is 16.2 Å². The summed E-state index contributed by atoms with van der Waals surface area (Å²) in [5, 5.41) is 3.48. The largest absolute Gasteiger partial charge is 0.348 e. The van der Waals surface area contributed by atoms with Crippen LogP contribution < -0.4 is 5.32 Å². The molecule has 110 valence electrons. The molecule has 0 bridgehead atoms. The van der Waals surface area contributed by atoms with E-state index in [-0.39, 0.29) is 18.2 Å². The molecule has 0 aliphatic carbocycles. The molecule has 0 aliphatic rings. The third kappa shape index (κ3) is 3.88. The van der Waals surface area contributed by atoms with Crippen LogP contribution in [0.2, 0.25) is 0 Å². The van der Waals surface area contributed by atoms with Gasteiger partial charge in [0, 0.05) is 19.8 Å². The second-order valence-corrected chi connectivity index (χ2v) is 5.89. The Morgan fingerprint density at radius 3 is 2.52 bits per heavy atom. The highest BCUT2D eigenvalue weighted by molar-refractivity contribution is 7.14. The highest BCUT2D eigenvalue weighted by Gasteiger charge is 2.17. The Kier molecular flexibility index (Phi) is 4.70. The summed E-state index contributed by atoms with van der Waals surface area (Å²) in [6.45, 7) is 1.78. The van der Waals surface area contributed by atoms with Gasteiger partial charge in [-0.15, -0.1) is 11.3 Å². The number of likely N-dealkylation sites (N-methyl/N-ethyl adjacent to an activating group) is 1. The van der Waals surface area contributed by atoms with Crippen LogP contribution in [0.4, 0.5) is 5.69 Å². The lowest BCUT2D eigenvalue weighted by atomic mass is 10.3. The molecule has 0 aliphatic heterocycles. The number of benzene rings is 1. The first kappa shape index (κ1) is 15.2. The molecular weight excluding hydrogens is 286 g/mol. The minimum atomic E-state index is -0.195. The number of rotatable bonds is 4. The lowest BCUT2D eigenvalue weighted by molar-refractivity contribution is -0.127. The zero-order valence-electron chi connectivity index (χ0n) is 12.2. The Morgan fingerprint density at radius 2 is 1.90 bits per heavy atom. The predicted molar refractivity (Wildman–Crippen MR) is 83.6 cm³/mol. The van der Waals surface area contributed by atoms with Crippen LogP contribution in [0.1, 0.15) is 20.4 Å². The van der Waals surface area contributed by atoms with Crippen LogP contribution in [-0.4, -0.2) is 35.8 Å². The molecule has 21 heavy (non-hydrogen) atoms. The smallest absolute Gasteiger partial charge is 0.267 e. The summed E-state index contributed by atoms with van der Waals surface area (Å²) in [5.74, 6) is -0.224. The van der Waals surface area contributed by atoms with Gasteiger partial charge in [-0.1, -0.05) is 18.2 Å². The first-order valence-electron chi connectivity index (χ1n) is 6.50. The highest BCUT2D eigenvalue weighted by atomic mass is 32.1. The number of nitrogens with one attached hydrogen (secondary N) is 1. The molecule has 0 atom stereocenters. The van der Waals surface area contributed by atoms with Gasteiger partial charge in [-0.05, 0) is 19.1 Å². The van der Waals surface area contributed by atoms with Crippen molar-refractivity contribution in [1.29, 1.82) is 0 Å². The number of nitrogens with zero attached hydrogens (tertiary/aromatic N) is 2. The maximum absolute atomic E-state index is 12.2. The average molecular weight is 303 g/mol. The molecule has 0 saturated heterocycles. The van der Waals surface area contributed by atoms with E-state index >= 15 is 0 Å².